The zero-order valence-corrected chi connectivity index (χ0v) is 18.0. The maximum Gasteiger partial charge on any atom is 0.133 e. The van der Waals surface area contributed by atoms with Crippen LogP contribution < -0.4 is 19.9 Å². The first-order valence-corrected chi connectivity index (χ1v) is 10.5. The van der Waals surface area contributed by atoms with E-state index in [-0.39, 0.29) is 0 Å². The number of benzene rings is 3. The molecular formula is C26H29NO3. The van der Waals surface area contributed by atoms with Crippen molar-refractivity contribution in [3.05, 3.63) is 76.3 Å². The molecule has 0 saturated heterocycles. The van der Waals surface area contributed by atoms with Gasteiger partial charge in [-0.2, -0.15) is 0 Å². The molecule has 0 amide bonds. The van der Waals surface area contributed by atoms with E-state index in [9.17, 15) is 0 Å². The third-order valence-corrected chi connectivity index (χ3v) is 5.86. The molecule has 0 spiro atoms. The van der Waals surface area contributed by atoms with Gasteiger partial charge < -0.3 is 19.9 Å². The summed E-state index contributed by atoms with van der Waals surface area (Å²) < 4.78 is 17.3. The Hall–Kier alpha value is -3.14. The SMILES string of the molecule is COc1cccc(CCc2cc(Oc3c(C)cc(N)c4c3CCC4)ccc2OC)c1. The summed E-state index contributed by atoms with van der Waals surface area (Å²) in [4.78, 5) is 0. The van der Waals surface area contributed by atoms with Gasteiger partial charge in [-0.05, 0) is 97.7 Å². The van der Waals surface area contributed by atoms with E-state index >= 15 is 0 Å². The molecule has 30 heavy (non-hydrogen) atoms. The van der Waals surface area contributed by atoms with E-state index in [0.29, 0.717) is 0 Å². The van der Waals surface area contributed by atoms with E-state index in [1.807, 2.05) is 30.3 Å². The van der Waals surface area contributed by atoms with Gasteiger partial charge in [0.25, 0.3) is 0 Å². The average molecular weight is 404 g/mol. The molecule has 0 bridgehead atoms. The Morgan fingerprint density at radius 1 is 0.867 bits per heavy atom. The van der Waals surface area contributed by atoms with Crippen LogP contribution in [-0.2, 0) is 25.7 Å². The van der Waals surface area contributed by atoms with Crippen LogP contribution in [0.2, 0.25) is 0 Å². The minimum atomic E-state index is 0.832. The molecular weight excluding hydrogens is 374 g/mol. The highest BCUT2D eigenvalue weighted by molar-refractivity contribution is 5.62. The fraction of sp³-hybridized carbons (Fsp3) is 0.308. The first-order chi connectivity index (χ1) is 14.6. The molecule has 2 N–H and O–H groups in total. The van der Waals surface area contributed by atoms with Crippen molar-refractivity contribution in [2.75, 3.05) is 20.0 Å². The Kier molecular flexibility index (Phi) is 5.84. The quantitative estimate of drug-likeness (QED) is 0.517. The van der Waals surface area contributed by atoms with Crippen molar-refractivity contribution in [2.45, 2.75) is 39.0 Å². The van der Waals surface area contributed by atoms with E-state index in [1.54, 1.807) is 14.2 Å². The van der Waals surface area contributed by atoms with Gasteiger partial charge in [-0.3, -0.25) is 0 Å². The molecule has 0 unspecified atom stereocenters. The maximum absolute atomic E-state index is 6.40. The summed E-state index contributed by atoms with van der Waals surface area (Å²) in [6.07, 6.45) is 4.94. The van der Waals surface area contributed by atoms with Gasteiger partial charge in [0.15, 0.2) is 0 Å². The van der Waals surface area contributed by atoms with Crippen LogP contribution in [-0.4, -0.2) is 14.2 Å². The van der Waals surface area contributed by atoms with Gasteiger partial charge >= 0.3 is 0 Å². The van der Waals surface area contributed by atoms with Crippen molar-refractivity contribution in [2.24, 2.45) is 0 Å². The molecule has 0 aromatic heterocycles. The van der Waals surface area contributed by atoms with E-state index in [4.69, 9.17) is 19.9 Å². The highest BCUT2D eigenvalue weighted by Gasteiger charge is 2.21. The van der Waals surface area contributed by atoms with E-state index in [2.05, 4.69) is 25.1 Å². The lowest BCUT2D eigenvalue weighted by atomic mass is 10.0. The van der Waals surface area contributed by atoms with Crippen molar-refractivity contribution in [3.8, 4) is 23.0 Å². The van der Waals surface area contributed by atoms with Crippen LogP contribution >= 0.6 is 0 Å². The minimum absolute atomic E-state index is 0.832. The fourth-order valence-corrected chi connectivity index (χ4v) is 4.32. The largest absolute Gasteiger partial charge is 0.497 e. The molecule has 0 heterocycles. The summed E-state index contributed by atoms with van der Waals surface area (Å²) >= 11 is 0. The fourth-order valence-electron chi connectivity index (χ4n) is 4.32. The molecule has 0 aliphatic heterocycles. The number of rotatable bonds is 7. The standard InChI is InChI=1S/C26H29NO3/c1-17-14-24(27)22-8-5-9-23(22)26(17)30-21-12-13-25(29-3)19(16-21)11-10-18-6-4-7-20(15-18)28-2/h4,6-7,12-16H,5,8-11,27H2,1-3H3. The monoisotopic (exact) mass is 403 g/mol. The van der Waals surface area contributed by atoms with Gasteiger partial charge in [0.2, 0.25) is 0 Å². The Balaban J connectivity index is 1.58. The molecule has 156 valence electrons. The molecule has 3 aromatic rings. The Labute approximate surface area is 178 Å². The van der Waals surface area contributed by atoms with E-state index in [1.165, 1.54) is 16.7 Å². The lowest BCUT2D eigenvalue weighted by molar-refractivity contribution is 0.407. The topological polar surface area (TPSA) is 53.7 Å². The molecule has 0 radical (unpaired) electrons. The zero-order chi connectivity index (χ0) is 21.1. The Morgan fingerprint density at radius 3 is 2.50 bits per heavy atom. The normalized spacial score (nSPS) is 12.5. The number of nitrogen functional groups attached to an aromatic ring is 1. The van der Waals surface area contributed by atoms with Crippen LogP contribution in [0.4, 0.5) is 5.69 Å². The first kappa shape index (κ1) is 20.1. The van der Waals surface area contributed by atoms with Gasteiger partial charge in [-0.15, -0.1) is 0 Å². The number of anilines is 1. The minimum Gasteiger partial charge on any atom is -0.497 e. The second-order valence-electron chi connectivity index (χ2n) is 7.85. The van der Waals surface area contributed by atoms with Gasteiger partial charge in [0, 0.05) is 11.3 Å². The number of hydrogen-bond donors (Lipinski definition) is 1. The van der Waals surface area contributed by atoms with Crippen LogP contribution in [0.5, 0.6) is 23.0 Å². The molecule has 0 atom stereocenters. The molecule has 0 fully saturated rings. The smallest absolute Gasteiger partial charge is 0.133 e. The maximum atomic E-state index is 6.40. The zero-order valence-electron chi connectivity index (χ0n) is 18.0. The second-order valence-corrected chi connectivity index (χ2v) is 7.85. The van der Waals surface area contributed by atoms with Crippen LogP contribution in [0.15, 0.2) is 48.5 Å². The van der Waals surface area contributed by atoms with Crippen molar-refractivity contribution < 1.29 is 14.2 Å². The highest BCUT2D eigenvalue weighted by atomic mass is 16.5. The molecule has 1 aliphatic carbocycles. The molecule has 4 nitrogen and oxygen atoms in total. The van der Waals surface area contributed by atoms with E-state index < -0.39 is 0 Å². The van der Waals surface area contributed by atoms with Gasteiger partial charge in [-0.25, -0.2) is 0 Å². The van der Waals surface area contributed by atoms with Gasteiger partial charge in [-0.1, -0.05) is 12.1 Å². The summed E-state index contributed by atoms with van der Waals surface area (Å²) in [7, 11) is 3.40. The van der Waals surface area contributed by atoms with Crippen LogP contribution in [0, 0.1) is 6.92 Å². The van der Waals surface area contributed by atoms with Crippen molar-refractivity contribution in [3.63, 3.8) is 0 Å². The summed E-state index contributed by atoms with van der Waals surface area (Å²) in [6.45, 7) is 2.07. The predicted molar refractivity (Wildman–Crippen MR) is 121 cm³/mol. The van der Waals surface area contributed by atoms with Gasteiger partial charge in [0.1, 0.15) is 23.0 Å². The molecule has 3 aromatic carbocycles. The summed E-state index contributed by atoms with van der Waals surface area (Å²) in [5, 5.41) is 0. The summed E-state index contributed by atoms with van der Waals surface area (Å²) in [6, 6.07) is 16.3. The number of hydrogen-bond acceptors (Lipinski definition) is 4. The lowest BCUT2D eigenvalue weighted by Crippen LogP contribution is -2.00. The van der Waals surface area contributed by atoms with Crippen molar-refractivity contribution >= 4 is 5.69 Å². The van der Waals surface area contributed by atoms with Crippen molar-refractivity contribution in [1.82, 2.24) is 0 Å². The third kappa shape index (κ3) is 4.09. The Bertz CT molecular complexity index is 1060. The second kappa shape index (κ2) is 8.70. The highest BCUT2D eigenvalue weighted by Crippen LogP contribution is 2.40. The van der Waals surface area contributed by atoms with Crippen LogP contribution in [0.1, 0.15) is 34.2 Å². The number of nitrogens with two attached hydrogens (primary N) is 1. The molecule has 1 aliphatic rings. The Morgan fingerprint density at radius 2 is 1.70 bits per heavy atom. The molecule has 4 heteroatoms. The first-order valence-electron chi connectivity index (χ1n) is 10.5. The van der Waals surface area contributed by atoms with Crippen LogP contribution in [0.25, 0.3) is 0 Å². The average Bonchev–Trinajstić information content (AvgIpc) is 3.26. The third-order valence-electron chi connectivity index (χ3n) is 5.86. The number of ether oxygens (including phenoxy) is 3. The summed E-state index contributed by atoms with van der Waals surface area (Å²) in [5.41, 5.74) is 13.1. The van der Waals surface area contributed by atoms with Gasteiger partial charge in [0.05, 0.1) is 14.2 Å². The summed E-state index contributed by atoms with van der Waals surface area (Å²) in [5.74, 6) is 3.55. The number of aryl methyl sites for hydroxylation is 3. The molecule has 4 rings (SSSR count). The van der Waals surface area contributed by atoms with Crippen molar-refractivity contribution in [1.29, 1.82) is 0 Å². The van der Waals surface area contributed by atoms with Crippen LogP contribution in [0.3, 0.4) is 0 Å². The molecule has 0 saturated carbocycles. The number of methoxy groups -OCH3 is 2. The van der Waals surface area contributed by atoms with E-state index in [0.717, 1.165) is 71.9 Å². The number of fused-ring (bicyclic) bond motifs is 1. The lowest BCUT2D eigenvalue weighted by Gasteiger charge is -2.17. The predicted octanol–water partition coefficient (Wildman–Crippen LogP) is 5.66.